The minimum absolute atomic E-state index is 0.0551. The number of hydrogen-bond acceptors (Lipinski definition) is 2. The Morgan fingerprint density at radius 3 is 3.11 bits per heavy atom. The van der Waals surface area contributed by atoms with E-state index < -0.39 is 0 Å². The molecule has 1 aromatic heterocycles. The highest BCUT2D eigenvalue weighted by atomic mass is 19.1. The molecule has 1 aliphatic heterocycles. The van der Waals surface area contributed by atoms with Gasteiger partial charge in [-0.1, -0.05) is 0 Å². The summed E-state index contributed by atoms with van der Waals surface area (Å²) < 4.78 is 18.5. The molecule has 0 spiro atoms. The summed E-state index contributed by atoms with van der Waals surface area (Å²) in [6, 6.07) is 6.14. The standard InChI is InChI=1S/C14H15FN2O2/c1-9-8-17(4-5-19-9)14(18)13-7-10-6-11(15)2-3-12(10)16-13/h2-3,6-7,9,16H,4-5,8H2,1H3. The molecule has 1 unspecified atom stereocenters. The van der Waals surface area contributed by atoms with Crippen molar-refractivity contribution in [2.45, 2.75) is 13.0 Å². The third kappa shape index (κ3) is 2.33. The van der Waals surface area contributed by atoms with Crippen LogP contribution in [0.5, 0.6) is 0 Å². The fourth-order valence-electron chi connectivity index (χ4n) is 2.39. The van der Waals surface area contributed by atoms with Gasteiger partial charge in [0.25, 0.3) is 5.91 Å². The predicted octanol–water partition coefficient (Wildman–Crippen LogP) is 2.17. The first-order chi connectivity index (χ1) is 9.13. The number of morpholine rings is 1. The van der Waals surface area contributed by atoms with Crippen molar-refractivity contribution in [2.75, 3.05) is 19.7 Å². The van der Waals surface area contributed by atoms with Gasteiger partial charge in [0.2, 0.25) is 0 Å². The van der Waals surface area contributed by atoms with E-state index in [0.717, 1.165) is 5.52 Å². The molecule has 100 valence electrons. The summed E-state index contributed by atoms with van der Waals surface area (Å²) in [5.74, 6) is -0.364. The zero-order valence-corrected chi connectivity index (χ0v) is 10.6. The van der Waals surface area contributed by atoms with Crippen LogP contribution in [-0.4, -0.2) is 41.6 Å². The number of benzene rings is 1. The minimum Gasteiger partial charge on any atom is -0.375 e. The number of carbonyl (C=O) groups is 1. The zero-order valence-electron chi connectivity index (χ0n) is 10.6. The van der Waals surface area contributed by atoms with Crippen LogP contribution >= 0.6 is 0 Å². The van der Waals surface area contributed by atoms with Crippen molar-refractivity contribution in [2.24, 2.45) is 0 Å². The van der Waals surface area contributed by atoms with Crippen LogP contribution in [0.4, 0.5) is 4.39 Å². The average molecular weight is 262 g/mol. The Labute approximate surface area is 110 Å². The Morgan fingerprint density at radius 1 is 1.47 bits per heavy atom. The summed E-state index contributed by atoms with van der Waals surface area (Å²) in [6.45, 7) is 3.68. The van der Waals surface area contributed by atoms with Gasteiger partial charge in [-0.05, 0) is 31.2 Å². The highest BCUT2D eigenvalue weighted by molar-refractivity contribution is 5.98. The molecule has 1 aromatic carbocycles. The highest BCUT2D eigenvalue weighted by Gasteiger charge is 2.23. The molecular weight excluding hydrogens is 247 g/mol. The van der Waals surface area contributed by atoms with Crippen LogP contribution in [0.15, 0.2) is 24.3 Å². The summed E-state index contributed by atoms with van der Waals surface area (Å²) in [4.78, 5) is 17.1. The largest absolute Gasteiger partial charge is 0.375 e. The number of amides is 1. The van der Waals surface area contributed by atoms with Gasteiger partial charge in [0.1, 0.15) is 11.5 Å². The maximum absolute atomic E-state index is 13.1. The molecule has 2 aromatic rings. The monoisotopic (exact) mass is 262 g/mol. The van der Waals surface area contributed by atoms with Gasteiger partial charge in [0.15, 0.2) is 0 Å². The second kappa shape index (κ2) is 4.66. The van der Waals surface area contributed by atoms with Crippen LogP contribution in [-0.2, 0) is 4.74 Å². The summed E-state index contributed by atoms with van der Waals surface area (Å²) >= 11 is 0. The van der Waals surface area contributed by atoms with E-state index in [-0.39, 0.29) is 17.8 Å². The lowest BCUT2D eigenvalue weighted by molar-refractivity contribution is -0.0126. The van der Waals surface area contributed by atoms with Gasteiger partial charge >= 0.3 is 0 Å². The molecule has 1 fully saturated rings. The number of fused-ring (bicyclic) bond motifs is 1. The van der Waals surface area contributed by atoms with Gasteiger partial charge in [-0.2, -0.15) is 0 Å². The zero-order chi connectivity index (χ0) is 13.4. The highest BCUT2D eigenvalue weighted by Crippen LogP contribution is 2.18. The molecule has 4 nitrogen and oxygen atoms in total. The number of aromatic amines is 1. The number of nitrogens with one attached hydrogen (secondary N) is 1. The normalized spacial score (nSPS) is 19.9. The third-order valence-corrected chi connectivity index (χ3v) is 3.34. The number of nitrogens with zero attached hydrogens (tertiary/aromatic N) is 1. The topological polar surface area (TPSA) is 45.3 Å². The SMILES string of the molecule is CC1CN(C(=O)c2cc3cc(F)ccc3[nH]2)CCO1. The molecule has 1 saturated heterocycles. The molecule has 19 heavy (non-hydrogen) atoms. The van der Waals surface area contributed by atoms with Gasteiger partial charge in [0.05, 0.1) is 12.7 Å². The summed E-state index contributed by atoms with van der Waals surface area (Å²) in [6.07, 6.45) is 0.0551. The molecule has 2 heterocycles. The molecule has 3 rings (SSSR count). The Hall–Kier alpha value is -1.88. The molecule has 1 aliphatic rings. The second-order valence-electron chi connectivity index (χ2n) is 4.85. The smallest absolute Gasteiger partial charge is 0.270 e. The molecule has 0 saturated carbocycles. The minimum atomic E-state index is -0.300. The number of ether oxygens (including phenoxy) is 1. The molecule has 0 aliphatic carbocycles. The van der Waals surface area contributed by atoms with Crippen LogP contribution in [0.25, 0.3) is 10.9 Å². The molecule has 1 atom stereocenters. The fraction of sp³-hybridized carbons (Fsp3) is 0.357. The van der Waals surface area contributed by atoms with E-state index in [1.54, 1.807) is 17.0 Å². The quantitative estimate of drug-likeness (QED) is 0.856. The maximum Gasteiger partial charge on any atom is 0.270 e. The van der Waals surface area contributed by atoms with E-state index in [9.17, 15) is 9.18 Å². The van der Waals surface area contributed by atoms with Crippen molar-refractivity contribution in [3.63, 3.8) is 0 Å². The van der Waals surface area contributed by atoms with Crippen molar-refractivity contribution in [3.05, 3.63) is 35.8 Å². The van der Waals surface area contributed by atoms with Gasteiger partial charge in [0, 0.05) is 24.0 Å². The number of halogens is 1. The molecule has 5 heteroatoms. The lowest BCUT2D eigenvalue weighted by Crippen LogP contribution is -2.44. The van der Waals surface area contributed by atoms with E-state index >= 15 is 0 Å². The van der Waals surface area contributed by atoms with Crippen LogP contribution in [0.1, 0.15) is 17.4 Å². The summed E-state index contributed by atoms with van der Waals surface area (Å²) in [5.41, 5.74) is 1.26. The van der Waals surface area contributed by atoms with Crippen LogP contribution in [0.2, 0.25) is 0 Å². The predicted molar refractivity (Wildman–Crippen MR) is 69.6 cm³/mol. The van der Waals surface area contributed by atoms with Crippen LogP contribution in [0, 0.1) is 5.82 Å². The number of aromatic nitrogens is 1. The van der Waals surface area contributed by atoms with E-state index in [1.807, 2.05) is 6.92 Å². The summed E-state index contributed by atoms with van der Waals surface area (Å²) in [5, 5.41) is 0.713. The van der Waals surface area contributed by atoms with Crippen LogP contribution in [0.3, 0.4) is 0 Å². The van der Waals surface area contributed by atoms with E-state index in [2.05, 4.69) is 4.98 Å². The van der Waals surface area contributed by atoms with Crippen molar-refractivity contribution in [3.8, 4) is 0 Å². The average Bonchev–Trinajstić information content (AvgIpc) is 2.80. The van der Waals surface area contributed by atoms with Crippen molar-refractivity contribution in [1.29, 1.82) is 0 Å². The van der Waals surface area contributed by atoms with Gasteiger partial charge < -0.3 is 14.6 Å². The maximum atomic E-state index is 13.1. The number of rotatable bonds is 1. The Kier molecular flexibility index (Phi) is 2.98. The Balaban J connectivity index is 1.88. The molecule has 0 bridgehead atoms. The molecule has 1 N–H and O–H groups in total. The van der Waals surface area contributed by atoms with Crippen molar-refractivity contribution in [1.82, 2.24) is 9.88 Å². The number of H-pyrrole nitrogens is 1. The number of carbonyl (C=O) groups excluding carboxylic acids is 1. The van der Waals surface area contributed by atoms with Crippen molar-refractivity contribution < 1.29 is 13.9 Å². The van der Waals surface area contributed by atoms with E-state index in [1.165, 1.54) is 12.1 Å². The molecule has 0 radical (unpaired) electrons. The Bertz CT molecular complexity index is 623. The molecule has 1 amide bonds. The van der Waals surface area contributed by atoms with Crippen molar-refractivity contribution >= 4 is 16.8 Å². The first kappa shape index (κ1) is 12.2. The lowest BCUT2D eigenvalue weighted by atomic mass is 10.2. The fourth-order valence-corrected chi connectivity index (χ4v) is 2.39. The van der Waals surface area contributed by atoms with Crippen LogP contribution < -0.4 is 0 Å². The second-order valence-corrected chi connectivity index (χ2v) is 4.85. The summed E-state index contributed by atoms with van der Waals surface area (Å²) in [7, 11) is 0. The first-order valence-electron chi connectivity index (χ1n) is 6.32. The lowest BCUT2D eigenvalue weighted by Gasteiger charge is -2.30. The third-order valence-electron chi connectivity index (χ3n) is 3.34. The Morgan fingerprint density at radius 2 is 2.32 bits per heavy atom. The van der Waals surface area contributed by atoms with E-state index in [4.69, 9.17) is 4.74 Å². The van der Waals surface area contributed by atoms with E-state index in [0.29, 0.717) is 30.8 Å². The molecular formula is C14H15FN2O2. The van der Waals surface area contributed by atoms with Gasteiger partial charge in [-0.3, -0.25) is 4.79 Å². The first-order valence-corrected chi connectivity index (χ1v) is 6.32. The number of hydrogen-bond donors (Lipinski definition) is 1. The van der Waals surface area contributed by atoms with Gasteiger partial charge in [-0.25, -0.2) is 4.39 Å². The van der Waals surface area contributed by atoms with Gasteiger partial charge in [-0.15, -0.1) is 0 Å².